The maximum Gasteiger partial charge on any atom is 0.309 e. The van der Waals surface area contributed by atoms with Crippen molar-refractivity contribution < 1.29 is 19.7 Å². The molecule has 2 N–H and O–H groups in total. The van der Waals surface area contributed by atoms with Crippen LogP contribution in [-0.4, -0.2) is 34.5 Å². The molecule has 4 aliphatic carbocycles. The molecule has 1 saturated heterocycles. The number of hydrogen-bond donors (Lipinski definition) is 2. The van der Waals surface area contributed by atoms with Crippen molar-refractivity contribution in [1.29, 1.82) is 0 Å². The minimum Gasteiger partial charge on any atom is -0.481 e. The normalized spacial score (nSPS) is 58.0. The average molecular weight is 332 g/mol. The van der Waals surface area contributed by atoms with Crippen molar-refractivity contribution in [3.8, 4) is 0 Å². The van der Waals surface area contributed by atoms with Crippen LogP contribution in [0.15, 0.2) is 11.6 Å². The molecule has 0 amide bonds. The van der Waals surface area contributed by atoms with Gasteiger partial charge in [-0.2, -0.15) is 0 Å². The summed E-state index contributed by atoms with van der Waals surface area (Å²) < 4.78 is 5.85. The Morgan fingerprint density at radius 1 is 1.29 bits per heavy atom. The predicted octanol–water partition coefficient (Wildman–Crippen LogP) is 3.14. The molecule has 0 unspecified atom stereocenters. The maximum atomic E-state index is 12.1. The molecular formula is C20H28O4. The van der Waals surface area contributed by atoms with Gasteiger partial charge in [-0.05, 0) is 62.2 Å². The topological polar surface area (TPSA) is 70.1 Å². The van der Waals surface area contributed by atoms with E-state index in [4.69, 9.17) is 4.74 Å². The Morgan fingerprint density at radius 3 is 2.71 bits per heavy atom. The van der Waals surface area contributed by atoms with Crippen molar-refractivity contribution in [2.24, 2.45) is 28.1 Å². The number of hydrogen-bond acceptors (Lipinski definition) is 3. The van der Waals surface area contributed by atoms with Gasteiger partial charge in [-0.15, -0.1) is 0 Å². The minimum atomic E-state index is -0.641. The molecule has 24 heavy (non-hydrogen) atoms. The molecule has 4 nitrogen and oxygen atoms in total. The van der Waals surface area contributed by atoms with E-state index in [9.17, 15) is 15.0 Å². The Labute approximate surface area is 143 Å². The monoisotopic (exact) mass is 332 g/mol. The number of carbonyl (C=O) groups is 1. The van der Waals surface area contributed by atoms with Crippen LogP contribution >= 0.6 is 0 Å². The number of aliphatic hydroxyl groups excluding tert-OH is 1. The highest BCUT2D eigenvalue weighted by Gasteiger charge is 2.71. The van der Waals surface area contributed by atoms with Gasteiger partial charge in [0, 0.05) is 5.92 Å². The van der Waals surface area contributed by atoms with Crippen LogP contribution in [-0.2, 0) is 9.53 Å². The highest BCUT2D eigenvalue weighted by atomic mass is 16.6. The van der Waals surface area contributed by atoms with Gasteiger partial charge >= 0.3 is 5.97 Å². The molecule has 1 aliphatic heterocycles. The zero-order chi connectivity index (χ0) is 17.0. The van der Waals surface area contributed by atoms with E-state index in [1.807, 2.05) is 6.92 Å². The predicted molar refractivity (Wildman–Crippen MR) is 88.4 cm³/mol. The van der Waals surface area contributed by atoms with Crippen LogP contribution in [0.3, 0.4) is 0 Å². The second-order valence-corrected chi connectivity index (χ2v) is 9.78. The van der Waals surface area contributed by atoms with Crippen molar-refractivity contribution in [2.45, 2.75) is 70.5 Å². The van der Waals surface area contributed by atoms with Crippen LogP contribution in [0.1, 0.15) is 58.8 Å². The lowest BCUT2D eigenvalue weighted by Crippen LogP contribution is -2.54. The Balaban J connectivity index is 1.61. The fourth-order valence-corrected chi connectivity index (χ4v) is 7.52. The second kappa shape index (κ2) is 4.27. The number of fused-ring (bicyclic) bond motifs is 4. The standard InChI is InChI=1S/C20H28O4/c1-17-5-3-6-18(2,16(22)23)14(17)4-7-19-9-12(13(21)8-15(17)19)20(10-19)11-24-20/h8,12-14,21H,3-7,9-11H2,1-2H3,(H,22,23)/t12-,13+,14-,17+,18+,19-,20-/m0/s1. The summed E-state index contributed by atoms with van der Waals surface area (Å²) in [5.74, 6) is -0.220. The summed E-state index contributed by atoms with van der Waals surface area (Å²) in [4.78, 5) is 12.1. The number of carboxylic acids is 1. The van der Waals surface area contributed by atoms with E-state index in [0.717, 1.165) is 51.6 Å². The third kappa shape index (κ3) is 1.60. The highest BCUT2D eigenvalue weighted by molar-refractivity contribution is 5.75. The van der Waals surface area contributed by atoms with E-state index < -0.39 is 17.5 Å². The SMILES string of the molecule is C[C@@]1(C(=O)O)CCC[C@@]2(C)C3=C[C@@H](O)[C@@H]4C[C@@]3(CC[C@H]12)C[C@]41CO1. The molecule has 0 aromatic rings. The fourth-order valence-electron chi connectivity index (χ4n) is 7.52. The average Bonchev–Trinajstić information content (AvgIpc) is 3.21. The van der Waals surface area contributed by atoms with Gasteiger partial charge in [0.15, 0.2) is 0 Å². The molecular weight excluding hydrogens is 304 g/mol. The summed E-state index contributed by atoms with van der Waals surface area (Å²) in [5.41, 5.74) is 0.739. The Hall–Kier alpha value is -0.870. The van der Waals surface area contributed by atoms with Gasteiger partial charge in [0.2, 0.25) is 0 Å². The van der Waals surface area contributed by atoms with E-state index in [2.05, 4.69) is 13.0 Å². The molecule has 0 radical (unpaired) electrons. The third-order valence-corrected chi connectivity index (χ3v) is 8.71. The van der Waals surface area contributed by atoms with Gasteiger partial charge < -0.3 is 14.9 Å². The smallest absolute Gasteiger partial charge is 0.309 e. The summed E-state index contributed by atoms with van der Waals surface area (Å²) in [6.07, 6.45) is 8.64. The Bertz CT molecular complexity index is 650. The lowest BCUT2D eigenvalue weighted by molar-refractivity contribution is -0.161. The van der Waals surface area contributed by atoms with Crippen molar-refractivity contribution in [1.82, 2.24) is 0 Å². The molecule has 3 saturated carbocycles. The summed E-state index contributed by atoms with van der Waals surface area (Å²) in [5, 5.41) is 20.7. The Morgan fingerprint density at radius 2 is 2.04 bits per heavy atom. The van der Waals surface area contributed by atoms with Crippen molar-refractivity contribution in [3.05, 3.63) is 11.6 Å². The van der Waals surface area contributed by atoms with Crippen LogP contribution in [0.5, 0.6) is 0 Å². The van der Waals surface area contributed by atoms with Crippen molar-refractivity contribution in [2.75, 3.05) is 6.61 Å². The maximum absolute atomic E-state index is 12.1. The molecule has 4 fully saturated rings. The third-order valence-electron chi connectivity index (χ3n) is 8.71. The summed E-state index contributed by atoms with van der Waals surface area (Å²) in [6.45, 7) is 5.04. The van der Waals surface area contributed by atoms with Crippen LogP contribution in [0.4, 0.5) is 0 Å². The van der Waals surface area contributed by atoms with Crippen LogP contribution < -0.4 is 0 Å². The molecule has 5 aliphatic rings. The Kier molecular flexibility index (Phi) is 2.74. The van der Waals surface area contributed by atoms with Gasteiger partial charge in [-0.25, -0.2) is 0 Å². The molecule has 4 heteroatoms. The zero-order valence-corrected chi connectivity index (χ0v) is 14.7. The zero-order valence-electron chi connectivity index (χ0n) is 14.7. The lowest BCUT2D eigenvalue weighted by Gasteiger charge is -2.60. The van der Waals surface area contributed by atoms with Crippen LogP contribution in [0, 0.1) is 28.1 Å². The molecule has 5 rings (SSSR count). The molecule has 1 heterocycles. The van der Waals surface area contributed by atoms with E-state index in [1.165, 1.54) is 5.57 Å². The fraction of sp³-hybridized carbons (Fsp3) is 0.850. The van der Waals surface area contributed by atoms with E-state index in [-0.39, 0.29) is 28.3 Å². The first-order chi connectivity index (χ1) is 11.3. The number of allylic oxidation sites excluding steroid dienone is 1. The number of rotatable bonds is 1. The summed E-state index contributed by atoms with van der Waals surface area (Å²) in [7, 11) is 0. The summed E-state index contributed by atoms with van der Waals surface area (Å²) >= 11 is 0. The molecule has 7 atom stereocenters. The van der Waals surface area contributed by atoms with Crippen molar-refractivity contribution >= 4 is 5.97 Å². The first-order valence-electron chi connectivity index (χ1n) is 9.54. The molecule has 2 spiro atoms. The molecule has 0 aromatic carbocycles. The molecule has 2 bridgehead atoms. The largest absolute Gasteiger partial charge is 0.481 e. The first-order valence-corrected chi connectivity index (χ1v) is 9.54. The van der Waals surface area contributed by atoms with Crippen LogP contribution in [0.2, 0.25) is 0 Å². The highest BCUT2D eigenvalue weighted by Crippen LogP contribution is 2.73. The summed E-state index contributed by atoms with van der Waals surface area (Å²) in [6, 6.07) is 0. The van der Waals surface area contributed by atoms with Gasteiger partial charge in [0.1, 0.15) is 0 Å². The number of epoxide rings is 1. The van der Waals surface area contributed by atoms with Gasteiger partial charge in [-0.3, -0.25) is 4.79 Å². The van der Waals surface area contributed by atoms with Gasteiger partial charge in [0.05, 0.1) is 23.7 Å². The number of ether oxygens (including phenoxy) is 1. The number of carboxylic acid groups (broad SMARTS) is 1. The molecule has 132 valence electrons. The molecule has 0 aromatic heterocycles. The van der Waals surface area contributed by atoms with E-state index in [1.54, 1.807) is 0 Å². The quantitative estimate of drug-likeness (QED) is 0.572. The van der Waals surface area contributed by atoms with Gasteiger partial charge in [0.25, 0.3) is 0 Å². The van der Waals surface area contributed by atoms with Gasteiger partial charge in [-0.1, -0.05) is 25.0 Å². The van der Waals surface area contributed by atoms with E-state index >= 15 is 0 Å². The number of aliphatic carboxylic acids is 1. The number of aliphatic hydroxyl groups is 1. The van der Waals surface area contributed by atoms with Crippen LogP contribution in [0.25, 0.3) is 0 Å². The first kappa shape index (κ1) is 15.4. The lowest BCUT2D eigenvalue weighted by atomic mass is 9.44. The van der Waals surface area contributed by atoms with Crippen molar-refractivity contribution in [3.63, 3.8) is 0 Å². The van der Waals surface area contributed by atoms with E-state index in [0.29, 0.717) is 0 Å². The second-order valence-electron chi connectivity index (χ2n) is 9.78. The minimum absolute atomic E-state index is 0.0777.